The first-order valence-electron chi connectivity index (χ1n) is 9.60. The molecule has 0 bridgehead atoms. The van der Waals surface area contributed by atoms with Crippen LogP contribution >= 0.6 is 0 Å². The molecule has 1 aromatic carbocycles. The molecule has 30 heavy (non-hydrogen) atoms. The number of hydrogen-bond acceptors (Lipinski definition) is 7. The van der Waals surface area contributed by atoms with Crippen LogP contribution in [0.15, 0.2) is 29.2 Å². The number of nitrogens with one attached hydrogen (secondary N) is 2. The van der Waals surface area contributed by atoms with Crippen LogP contribution in [0.5, 0.6) is 0 Å². The van der Waals surface area contributed by atoms with Crippen LogP contribution in [0.1, 0.15) is 26.7 Å². The van der Waals surface area contributed by atoms with Crippen molar-refractivity contribution in [3.63, 3.8) is 0 Å². The Morgan fingerprint density at radius 1 is 1.30 bits per heavy atom. The first-order valence-corrected chi connectivity index (χ1v) is 11.3. The third kappa shape index (κ3) is 5.64. The van der Waals surface area contributed by atoms with E-state index in [1.165, 1.54) is 17.0 Å². The molecule has 164 valence electrons. The van der Waals surface area contributed by atoms with Gasteiger partial charge in [0.05, 0.1) is 29.2 Å². The summed E-state index contributed by atoms with van der Waals surface area (Å²) in [7, 11) is -3.88. The predicted molar refractivity (Wildman–Crippen MR) is 111 cm³/mol. The van der Waals surface area contributed by atoms with Crippen LogP contribution in [0.25, 0.3) is 0 Å². The maximum absolute atomic E-state index is 13.1. The maximum atomic E-state index is 13.1. The Hall–Kier alpha value is -2.77. The van der Waals surface area contributed by atoms with E-state index in [2.05, 4.69) is 17.2 Å². The van der Waals surface area contributed by atoms with E-state index in [1.54, 1.807) is 31.5 Å². The van der Waals surface area contributed by atoms with Crippen molar-refractivity contribution >= 4 is 27.5 Å². The number of piperidine rings is 1. The summed E-state index contributed by atoms with van der Waals surface area (Å²) in [5.41, 5.74) is 0.807. The average Bonchev–Trinajstić information content (AvgIpc) is 2.73. The Morgan fingerprint density at radius 3 is 2.60 bits per heavy atom. The zero-order valence-corrected chi connectivity index (χ0v) is 17.9. The molecule has 1 fully saturated rings. The number of hydroxylamine groups is 1. The van der Waals surface area contributed by atoms with Crippen LogP contribution in [-0.4, -0.2) is 62.5 Å². The molecule has 10 heteroatoms. The largest absolute Gasteiger partial charge is 0.450 e. The molecule has 0 spiro atoms. The molecule has 9 nitrogen and oxygen atoms in total. The SMILES string of the molecule is CC#CCNc1ccc(S(=O)(=O)CC2(C(=O)NO)CCCN(C(=O)OCC)C2)cc1. The van der Waals surface area contributed by atoms with Gasteiger partial charge in [-0.2, -0.15) is 0 Å². The summed E-state index contributed by atoms with van der Waals surface area (Å²) in [6.07, 6.45) is 0.00254. The number of hydrogen-bond donors (Lipinski definition) is 3. The fraction of sp³-hybridized carbons (Fsp3) is 0.500. The van der Waals surface area contributed by atoms with Gasteiger partial charge in [0.2, 0.25) is 0 Å². The highest BCUT2D eigenvalue weighted by Crippen LogP contribution is 2.34. The van der Waals surface area contributed by atoms with E-state index in [0.29, 0.717) is 25.2 Å². The molecule has 1 aliphatic rings. The third-order valence-corrected chi connectivity index (χ3v) is 6.85. The Bertz CT molecular complexity index is 920. The Morgan fingerprint density at radius 2 is 2.00 bits per heavy atom. The molecular weight excluding hydrogens is 410 g/mol. The lowest BCUT2D eigenvalue weighted by Gasteiger charge is -2.40. The third-order valence-electron chi connectivity index (χ3n) is 4.92. The molecule has 1 aromatic rings. The summed E-state index contributed by atoms with van der Waals surface area (Å²) >= 11 is 0. The first-order chi connectivity index (χ1) is 14.3. The van der Waals surface area contributed by atoms with Crippen molar-refractivity contribution < 1.29 is 28.0 Å². The summed E-state index contributed by atoms with van der Waals surface area (Å²) < 4.78 is 31.1. The predicted octanol–water partition coefficient (Wildman–Crippen LogP) is 1.64. The number of sulfone groups is 1. The van der Waals surface area contributed by atoms with Gasteiger partial charge in [-0.1, -0.05) is 5.92 Å². The molecule has 0 aliphatic carbocycles. The van der Waals surface area contributed by atoms with Crippen molar-refractivity contribution in [1.29, 1.82) is 0 Å². The number of anilines is 1. The van der Waals surface area contributed by atoms with Crippen LogP contribution in [0, 0.1) is 17.3 Å². The van der Waals surface area contributed by atoms with E-state index in [0.717, 1.165) is 0 Å². The average molecular weight is 438 g/mol. The van der Waals surface area contributed by atoms with Gasteiger partial charge in [-0.15, -0.1) is 5.92 Å². The molecule has 1 saturated heterocycles. The van der Waals surface area contributed by atoms with Gasteiger partial charge < -0.3 is 15.0 Å². The summed E-state index contributed by atoms with van der Waals surface area (Å²) in [5, 5.41) is 12.3. The Labute approximate surface area is 176 Å². The molecular formula is C20H27N3O6S. The minimum Gasteiger partial charge on any atom is -0.450 e. The highest BCUT2D eigenvalue weighted by atomic mass is 32.2. The van der Waals surface area contributed by atoms with Crippen molar-refractivity contribution in [2.45, 2.75) is 31.6 Å². The molecule has 2 rings (SSSR count). The van der Waals surface area contributed by atoms with Crippen LogP contribution in [0.3, 0.4) is 0 Å². The highest BCUT2D eigenvalue weighted by Gasteiger charge is 2.47. The zero-order valence-electron chi connectivity index (χ0n) is 17.1. The summed E-state index contributed by atoms with van der Waals surface area (Å²) in [6.45, 7) is 4.17. The van der Waals surface area contributed by atoms with Gasteiger partial charge in [0.25, 0.3) is 5.91 Å². The molecule has 1 heterocycles. The van der Waals surface area contributed by atoms with Crippen LogP contribution in [-0.2, 0) is 19.4 Å². The van der Waals surface area contributed by atoms with E-state index in [9.17, 15) is 23.2 Å². The molecule has 0 saturated carbocycles. The fourth-order valence-electron chi connectivity index (χ4n) is 3.45. The normalized spacial score (nSPS) is 18.7. The molecule has 0 radical (unpaired) electrons. The number of nitrogens with zero attached hydrogens (tertiary/aromatic N) is 1. The lowest BCUT2D eigenvalue weighted by molar-refractivity contribution is -0.141. The molecule has 1 atom stereocenters. The Kier molecular flexibility index (Phi) is 8.08. The standard InChI is InChI=1S/C20H27N3O6S/c1-3-5-12-21-16-7-9-17(10-8-16)30(27,28)15-20(18(24)22-26)11-6-13-23(14-20)19(25)29-4-2/h7-10,21,26H,4,6,11-15H2,1-2H3,(H,22,24). The van der Waals surface area contributed by atoms with Crippen LogP contribution in [0.2, 0.25) is 0 Å². The summed E-state index contributed by atoms with van der Waals surface area (Å²) in [6, 6.07) is 6.14. The molecule has 1 unspecified atom stereocenters. The van der Waals surface area contributed by atoms with Gasteiger partial charge in [0, 0.05) is 18.8 Å². The van der Waals surface area contributed by atoms with Crippen molar-refractivity contribution in [1.82, 2.24) is 10.4 Å². The number of benzene rings is 1. The Balaban J connectivity index is 2.25. The first kappa shape index (κ1) is 23.5. The molecule has 3 N–H and O–H groups in total. The van der Waals surface area contributed by atoms with E-state index in [-0.39, 0.29) is 24.5 Å². The van der Waals surface area contributed by atoms with Gasteiger partial charge in [-0.25, -0.2) is 18.7 Å². The maximum Gasteiger partial charge on any atom is 0.409 e. The van der Waals surface area contributed by atoms with E-state index in [1.807, 2.05) is 0 Å². The van der Waals surface area contributed by atoms with E-state index >= 15 is 0 Å². The number of carbonyl (C=O) groups excluding carboxylic acids is 2. The summed E-state index contributed by atoms with van der Waals surface area (Å²) in [4.78, 5) is 26.0. The van der Waals surface area contributed by atoms with Crippen LogP contribution in [0.4, 0.5) is 10.5 Å². The lowest BCUT2D eigenvalue weighted by atomic mass is 9.81. The molecule has 0 aromatic heterocycles. The smallest absolute Gasteiger partial charge is 0.409 e. The quantitative estimate of drug-likeness (QED) is 0.336. The second kappa shape index (κ2) is 10.3. The minimum atomic E-state index is -3.88. The highest BCUT2D eigenvalue weighted by molar-refractivity contribution is 7.91. The minimum absolute atomic E-state index is 0.0491. The van der Waals surface area contributed by atoms with Gasteiger partial charge in [0.1, 0.15) is 0 Å². The number of rotatable bonds is 7. The van der Waals surface area contributed by atoms with Gasteiger partial charge in [-0.05, 0) is 51.0 Å². The van der Waals surface area contributed by atoms with Crippen molar-refractivity contribution in [2.75, 3.05) is 37.3 Å². The number of likely N-dealkylation sites (tertiary alicyclic amines) is 1. The number of amides is 2. The van der Waals surface area contributed by atoms with Gasteiger partial charge in [0.15, 0.2) is 9.84 Å². The van der Waals surface area contributed by atoms with Crippen LogP contribution < -0.4 is 10.8 Å². The van der Waals surface area contributed by atoms with Gasteiger partial charge in [-0.3, -0.25) is 10.0 Å². The van der Waals surface area contributed by atoms with E-state index < -0.39 is 33.0 Å². The second-order valence-corrected chi connectivity index (χ2v) is 9.00. The van der Waals surface area contributed by atoms with E-state index in [4.69, 9.17) is 4.74 Å². The van der Waals surface area contributed by atoms with Crippen molar-refractivity contribution in [2.24, 2.45) is 5.41 Å². The lowest BCUT2D eigenvalue weighted by Crippen LogP contribution is -2.56. The number of ether oxygens (including phenoxy) is 1. The molecule has 1 aliphatic heterocycles. The zero-order chi connectivity index (χ0) is 22.2. The summed E-state index contributed by atoms with van der Waals surface area (Å²) in [5.74, 6) is 4.23. The molecule has 2 amide bonds. The topological polar surface area (TPSA) is 125 Å². The van der Waals surface area contributed by atoms with Gasteiger partial charge >= 0.3 is 6.09 Å². The fourth-order valence-corrected chi connectivity index (χ4v) is 5.26. The number of carbonyl (C=O) groups is 2. The monoisotopic (exact) mass is 437 g/mol. The van der Waals surface area contributed by atoms with Crippen molar-refractivity contribution in [3.05, 3.63) is 24.3 Å². The van der Waals surface area contributed by atoms with Crippen molar-refractivity contribution in [3.8, 4) is 11.8 Å². The second-order valence-electron chi connectivity index (χ2n) is 7.01.